The first-order valence-corrected chi connectivity index (χ1v) is 10.2. The average molecular weight is 433 g/mol. The Hall–Kier alpha value is -3.58. The molecule has 8 heteroatoms. The zero-order valence-electron chi connectivity index (χ0n) is 17.2. The third-order valence-corrected chi connectivity index (χ3v) is 5.32. The smallest absolute Gasteiger partial charge is 0.254 e. The monoisotopic (exact) mass is 432 g/mol. The number of pyridine rings is 2. The van der Waals surface area contributed by atoms with E-state index in [1.165, 1.54) is 0 Å². The van der Waals surface area contributed by atoms with Gasteiger partial charge in [0.15, 0.2) is 0 Å². The Morgan fingerprint density at radius 2 is 1.90 bits per heavy atom. The first-order chi connectivity index (χ1) is 14.9. The van der Waals surface area contributed by atoms with Gasteiger partial charge in [-0.3, -0.25) is 9.78 Å². The van der Waals surface area contributed by atoms with Crippen LogP contribution < -0.4 is 5.73 Å². The predicted octanol–water partition coefficient (Wildman–Crippen LogP) is 4.37. The van der Waals surface area contributed by atoms with Crippen LogP contribution in [0.5, 0.6) is 0 Å². The number of halogens is 1. The molecular weight excluding hydrogens is 412 g/mol. The average Bonchev–Trinajstić information content (AvgIpc) is 2.79. The third-order valence-electron chi connectivity index (χ3n) is 5.10. The van der Waals surface area contributed by atoms with Crippen molar-refractivity contribution >= 4 is 34.2 Å². The van der Waals surface area contributed by atoms with Gasteiger partial charge < -0.3 is 10.6 Å². The van der Waals surface area contributed by atoms with Crippen LogP contribution in [0.3, 0.4) is 0 Å². The second-order valence-corrected chi connectivity index (χ2v) is 7.72. The lowest BCUT2D eigenvalue weighted by molar-refractivity contribution is 0.0663. The van der Waals surface area contributed by atoms with Gasteiger partial charge in [-0.2, -0.15) is 0 Å². The van der Waals surface area contributed by atoms with E-state index in [1.807, 2.05) is 26.0 Å². The number of benzene rings is 1. The van der Waals surface area contributed by atoms with Gasteiger partial charge >= 0.3 is 0 Å². The Morgan fingerprint density at radius 3 is 2.61 bits per heavy atom. The molecule has 1 amide bonds. The highest BCUT2D eigenvalue weighted by Crippen LogP contribution is 2.25. The summed E-state index contributed by atoms with van der Waals surface area (Å²) in [6.07, 6.45) is 4.89. The number of amides is 1. The van der Waals surface area contributed by atoms with Gasteiger partial charge in [0.2, 0.25) is 0 Å². The minimum Gasteiger partial charge on any atom is -0.383 e. The number of carbonyl (C=O) groups is 1. The lowest BCUT2D eigenvalue weighted by atomic mass is 10.1. The molecule has 3 aromatic heterocycles. The minimum absolute atomic E-state index is 0.159. The van der Waals surface area contributed by atoms with E-state index in [0.29, 0.717) is 27.9 Å². The molecule has 1 aromatic carbocycles. The number of aryl methyl sites for hydroxylation is 1. The molecule has 31 heavy (non-hydrogen) atoms. The molecule has 156 valence electrons. The standard InChI is InChI=1S/C23H21ClN6O/c1-14-10-17-11-16(4-7-20(17)29-21(14)25)23(31)30(13-19-6-5-18(24)12-28-19)15(2)22-26-8-3-9-27-22/h3-12,15H,13H2,1-2H3,(H2,25,29)/t15-/m1/s1. The van der Waals surface area contributed by atoms with Gasteiger partial charge in [-0.05, 0) is 61.9 Å². The summed E-state index contributed by atoms with van der Waals surface area (Å²) in [6.45, 7) is 4.08. The number of hydrogen-bond acceptors (Lipinski definition) is 6. The minimum atomic E-state index is -0.367. The molecule has 0 spiro atoms. The number of carbonyl (C=O) groups excluding carboxylic acids is 1. The number of nitrogen functional groups attached to an aromatic ring is 1. The predicted molar refractivity (Wildman–Crippen MR) is 120 cm³/mol. The van der Waals surface area contributed by atoms with Crippen molar-refractivity contribution in [2.45, 2.75) is 26.4 Å². The van der Waals surface area contributed by atoms with Crippen LogP contribution in [0, 0.1) is 6.92 Å². The Kier molecular flexibility index (Phi) is 5.77. The third kappa shape index (κ3) is 4.46. The second kappa shape index (κ2) is 8.65. The summed E-state index contributed by atoms with van der Waals surface area (Å²) in [5, 5.41) is 1.39. The van der Waals surface area contributed by atoms with Gasteiger partial charge in [-0.25, -0.2) is 15.0 Å². The fraction of sp³-hybridized carbons (Fsp3) is 0.174. The fourth-order valence-corrected chi connectivity index (χ4v) is 3.43. The zero-order chi connectivity index (χ0) is 22.0. The molecule has 0 bridgehead atoms. The summed E-state index contributed by atoms with van der Waals surface area (Å²) in [4.78, 5) is 32.7. The fourth-order valence-electron chi connectivity index (χ4n) is 3.32. The Bertz CT molecular complexity index is 1230. The SMILES string of the molecule is Cc1cc2cc(C(=O)N(Cc3ccc(Cl)cn3)[C@H](C)c3ncccn3)ccc2nc1N. The van der Waals surface area contributed by atoms with Gasteiger partial charge in [0.1, 0.15) is 11.6 Å². The molecule has 0 saturated carbocycles. The van der Waals surface area contributed by atoms with E-state index in [2.05, 4.69) is 19.9 Å². The molecule has 7 nitrogen and oxygen atoms in total. The number of hydrogen-bond donors (Lipinski definition) is 1. The first-order valence-electron chi connectivity index (χ1n) is 9.77. The Balaban J connectivity index is 1.72. The highest BCUT2D eigenvalue weighted by molar-refractivity contribution is 6.30. The topological polar surface area (TPSA) is 97.9 Å². The van der Waals surface area contributed by atoms with Crippen molar-refractivity contribution in [1.82, 2.24) is 24.8 Å². The van der Waals surface area contributed by atoms with Crippen LogP contribution in [0.4, 0.5) is 5.82 Å². The summed E-state index contributed by atoms with van der Waals surface area (Å²) in [7, 11) is 0. The van der Waals surface area contributed by atoms with Gasteiger partial charge in [-0.1, -0.05) is 11.6 Å². The van der Waals surface area contributed by atoms with Crippen molar-refractivity contribution in [3.05, 3.63) is 88.7 Å². The van der Waals surface area contributed by atoms with Crippen LogP contribution in [0.15, 0.2) is 61.1 Å². The van der Waals surface area contributed by atoms with Crippen molar-refractivity contribution in [1.29, 1.82) is 0 Å². The summed E-state index contributed by atoms with van der Waals surface area (Å²) >= 11 is 5.97. The van der Waals surface area contributed by atoms with Crippen molar-refractivity contribution in [2.24, 2.45) is 0 Å². The normalized spacial score (nSPS) is 12.0. The molecule has 0 fully saturated rings. The maximum Gasteiger partial charge on any atom is 0.254 e. The lowest BCUT2D eigenvalue weighted by Crippen LogP contribution is -2.34. The molecule has 0 aliphatic carbocycles. The number of nitrogens with zero attached hydrogens (tertiary/aromatic N) is 5. The van der Waals surface area contributed by atoms with Gasteiger partial charge in [0.25, 0.3) is 5.91 Å². The summed E-state index contributed by atoms with van der Waals surface area (Å²) in [5.74, 6) is 0.876. The van der Waals surface area contributed by atoms with Crippen LogP contribution in [0.1, 0.15) is 40.4 Å². The number of fused-ring (bicyclic) bond motifs is 1. The van der Waals surface area contributed by atoms with Gasteiger partial charge in [0, 0.05) is 29.5 Å². The molecule has 0 aliphatic rings. The zero-order valence-corrected chi connectivity index (χ0v) is 17.9. The first kappa shape index (κ1) is 20.7. The van der Waals surface area contributed by atoms with E-state index in [9.17, 15) is 4.79 Å². The molecule has 0 aliphatic heterocycles. The van der Waals surface area contributed by atoms with Crippen molar-refractivity contribution < 1.29 is 4.79 Å². The van der Waals surface area contributed by atoms with Crippen LogP contribution >= 0.6 is 11.6 Å². The molecule has 0 unspecified atom stereocenters. The molecule has 1 atom stereocenters. The lowest BCUT2D eigenvalue weighted by Gasteiger charge is -2.28. The van der Waals surface area contributed by atoms with E-state index in [4.69, 9.17) is 17.3 Å². The Morgan fingerprint density at radius 1 is 1.13 bits per heavy atom. The molecule has 4 rings (SSSR count). The maximum atomic E-state index is 13.6. The maximum absolute atomic E-state index is 13.6. The molecule has 3 heterocycles. The van der Waals surface area contributed by atoms with Crippen molar-refractivity contribution in [3.63, 3.8) is 0 Å². The summed E-state index contributed by atoms with van der Waals surface area (Å²) in [6, 6.07) is 12.3. The molecule has 2 N–H and O–H groups in total. The van der Waals surface area contributed by atoms with Gasteiger partial charge in [-0.15, -0.1) is 0 Å². The number of nitrogens with two attached hydrogens (primary N) is 1. The van der Waals surface area contributed by atoms with Crippen LogP contribution in [-0.2, 0) is 6.54 Å². The van der Waals surface area contributed by atoms with Crippen LogP contribution in [-0.4, -0.2) is 30.7 Å². The van der Waals surface area contributed by atoms with E-state index in [0.717, 1.165) is 16.5 Å². The van der Waals surface area contributed by atoms with Crippen LogP contribution in [0.2, 0.25) is 5.02 Å². The molecule has 4 aromatic rings. The highest BCUT2D eigenvalue weighted by Gasteiger charge is 2.25. The number of aromatic nitrogens is 4. The van der Waals surface area contributed by atoms with E-state index in [1.54, 1.807) is 53.8 Å². The Labute approximate surface area is 184 Å². The number of anilines is 1. The molecule has 0 radical (unpaired) electrons. The van der Waals surface area contributed by atoms with E-state index < -0.39 is 0 Å². The molecular formula is C23H21ClN6O. The second-order valence-electron chi connectivity index (χ2n) is 7.28. The largest absolute Gasteiger partial charge is 0.383 e. The van der Waals surface area contributed by atoms with Crippen LogP contribution in [0.25, 0.3) is 10.9 Å². The van der Waals surface area contributed by atoms with E-state index >= 15 is 0 Å². The van der Waals surface area contributed by atoms with E-state index in [-0.39, 0.29) is 18.5 Å². The summed E-state index contributed by atoms with van der Waals surface area (Å²) in [5.41, 5.74) is 8.77. The van der Waals surface area contributed by atoms with Gasteiger partial charge in [0.05, 0.1) is 28.8 Å². The quantitative estimate of drug-likeness (QED) is 0.503. The number of rotatable bonds is 5. The van der Waals surface area contributed by atoms with Crippen molar-refractivity contribution in [3.8, 4) is 0 Å². The summed E-state index contributed by atoms with van der Waals surface area (Å²) < 4.78 is 0. The molecule has 0 saturated heterocycles. The van der Waals surface area contributed by atoms with Crippen molar-refractivity contribution in [2.75, 3.05) is 5.73 Å². The highest BCUT2D eigenvalue weighted by atomic mass is 35.5.